The SMILES string of the molecule is C[C@]12C(=O)[C@](C)(c3c1c1cccnc1c1ncccc31)[C@H]1[C@@H]3[C@@H]4C[C@@H]([C@H]5C6OC([C@@H]7[C@@H]8C[C@H]([C@H]67)[C@@H]6[C@H]8[C@H]7[C@@H]6[C@]6(C)C(=O)[C@@]7(C)c7c6c6cccnc6c6ncccc76)[C@@H]45)[C@@H]3[C@H]12. The second kappa shape index (κ2) is 9.07. The molecule has 10 bridgehead atoms. The number of Topliss-reactive ketones (excluding diaryl/α,β-unsaturated/α-hetero) is 2. The molecular weight excluding hydrogens is 753 g/mol. The van der Waals surface area contributed by atoms with E-state index in [2.05, 4.69) is 76.2 Å². The number of ketones is 2. The molecule has 10 aliphatic carbocycles. The van der Waals surface area contributed by atoms with Gasteiger partial charge in [-0.1, -0.05) is 24.3 Å². The molecule has 0 N–H and O–H groups in total. The molecule has 6 heterocycles. The zero-order valence-corrected chi connectivity index (χ0v) is 34.7. The van der Waals surface area contributed by atoms with E-state index in [1.54, 1.807) is 0 Å². The van der Waals surface area contributed by atoms with Crippen LogP contribution in [0.25, 0.3) is 43.6 Å². The second-order valence-electron chi connectivity index (χ2n) is 23.5. The van der Waals surface area contributed by atoms with Crippen LogP contribution in [-0.2, 0) is 36.0 Å². The summed E-state index contributed by atoms with van der Waals surface area (Å²) in [7, 11) is 0. The summed E-state index contributed by atoms with van der Waals surface area (Å²) in [4.78, 5) is 50.4. The van der Waals surface area contributed by atoms with Gasteiger partial charge in [-0.15, -0.1) is 0 Å². The van der Waals surface area contributed by atoms with Crippen LogP contribution >= 0.6 is 0 Å². The van der Waals surface area contributed by atoms with Gasteiger partial charge < -0.3 is 4.74 Å². The number of benzene rings is 2. The van der Waals surface area contributed by atoms with Crippen molar-refractivity contribution in [2.24, 2.45) is 94.7 Å². The fourth-order valence-electron chi connectivity index (χ4n) is 22.5. The normalized spacial score (nSPS) is 52.7. The number of hydrogen-bond donors (Lipinski definition) is 0. The molecule has 2 aliphatic heterocycles. The molecule has 300 valence electrons. The smallest absolute Gasteiger partial charge is 0.153 e. The first kappa shape index (κ1) is 32.1. The van der Waals surface area contributed by atoms with Gasteiger partial charge in [-0.05, 0) is 182 Å². The quantitative estimate of drug-likeness (QED) is 0.0868. The lowest BCUT2D eigenvalue weighted by Crippen LogP contribution is -2.65. The summed E-state index contributed by atoms with van der Waals surface area (Å²) >= 11 is 0. The van der Waals surface area contributed by atoms with Crippen LogP contribution in [0.2, 0.25) is 0 Å². The van der Waals surface area contributed by atoms with Crippen molar-refractivity contribution < 1.29 is 14.3 Å². The number of fused-ring (bicyclic) bond motifs is 52. The first-order valence-corrected chi connectivity index (χ1v) is 23.7. The molecule has 10 fully saturated rings. The number of rotatable bonds is 0. The molecule has 0 amide bonds. The lowest BCUT2D eigenvalue weighted by Gasteiger charge is -2.65. The van der Waals surface area contributed by atoms with E-state index in [0.29, 0.717) is 118 Å². The van der Waals surface area contributed by atoms with Gasteiger partial charge >= 0.3 is 0 Å². The monoisotopic (exact) mass is 798 g/mol. The molecule has 12 aliphatic rings. The number of carbonyl (C=O) groups excluding carboxylic acids is 2. The number of hydrogen-bond acceptors (Lipinski definition) is 7. The van der Waals surface area contributed by atoms with Gasteiger partial charge in [0.1, 0.15) is 0 Å². The number of ether oxygens (including phenoxy) is 1. The predicted octanol–water partition coefficient (Wildman–Crippen LogP) is 8.31. The predicted molar refractivity (Wildman–Crippen MR) is 227 cm³/mol. The van der Waals surface area contributed by atoms with Crippen molar-refractivity contribution in [3.8, 4) is 0 Å². The highest BCUT2D eigenvalue weighted by Crippen LogP contribution is 2.88. The highest BCUT2D eigenvalue weighted by atomic mass is 16.5. The van der Waals surface area contributed by atoms with Crippen LogP contribution < -0.4 is 0 Å². The Balaban J connectivity index is 0.754. The second-order valence-corrected chi connectivity index (χ2v) is 23.5. The molecule has 8 saturated carbocycles. The Kier molecular flexibility index (Phi) is 4.77. The minimum absolute atomic E-state index is 0.347. The topological polar surface area (TPSA) is 94.9 Å². The minimum atomic E-state index is -0.500. The first-order valence-electron chi connectivity index (χ1n) is 23.7. The van der Waals surface area contributed by atoms with E-state index in [4.69, 9.17) is 24.7 Å². The van der Waals surface area contributed by atoms with E-state index in [1.165, 1.54) is 35.1 Å². The van der Waals surface area contributed by atoms with Crippen molar-refractivity contribution >= 4 is 55.2 Å². The molecule has 2 saturated heterocycles. The first-order chi connectivity index (χ1) is 29.7. The zero-order valence-electron chi connectivity index (χ0n) is 34.7. The zero-order chi connectivity index (χ0) is 39.9. The average Bonchev–Trinajstić information content (AvgIpc) is 4.15. The van der Waals surface area contributed by atoms with Gasteiger partial charge in [-0.3, -0.25) is 29.5 Å². The van der Waals surface area contributed by atoms with E-state index in [0.717, 1.165) is 43.6 Å². The van der Waals surface area contributed by atoms with Gasteiger partial charge in [0.05, 0.1) is 55.9 Å². The molecular formula is C54H46N4O3. The number of aromatic nitrogens is 4. The van der Waals surface area contributed by atoms with Gasteiger partial charge in [-0.25, -0.2) is 0 Å². The molecule has 18 rings (SSSR count). The van der Waals surface area contributed by atoms with Crippen LogP contribution in [0.5, 0.6) is 0 Å². The summed E-state index contributed by atoms with van der Waals surface area (Å²) < 4.78 is 7.53. The van der Waals surface area contributed by atoms with Crippen LogP contribution in [0.4, 0.5) is 0 Å². The van der Waals surface area contributed by atoms with E-state index >= 15 is 9.59 Å². The number of pyridine rings is 4. The maximum Gasteiger partial charge on any atom is 0.153 e. The van der Waals surface area contributed by atoms with Gasteiger partial charge in [0.25, 0.3) is 0 Å². The largest absolute Gasteiger partial charge is 0.374 e. The van der Waals surface area contributed by atoms with Crippen LogP contribution in [0.3, 0.4) is 0 Å². The van der Waals surface area contributed by atoms with E-state index in [-0.39, 0.29) is 0 Å². The van der Waals surface area contributed by atoms with Crippen LogP contribution in [0, 0.1) is 94.7 Å². The van der Waals surface area contributed by atoms with Crippen molar-refractivity contribution in [2.75, 3.05) is 0 Å². The minimum Gasteiger partial charge on any atom is -0.374 e. The Morgan fingerprint density at radius 2 is 0.689 bits per heavy atom. The molecule has 7 nitrogen and oxygen atoms in total. The number of nitrogens with zero attached hydrogens (tertiary/aromatic N) is 4. The molecule has 61 heavy (non-hydrogen) atoms. The fourth-order valence-corrected chi connectivity index (χ4v) is 22.5. The van der Waals surface area contributed by atoms with Crippen molar-refractivity contribution in [2.45, 2.75) is 74.4 Å². The molecule has 22 atom stereocenters. The van der Waals surface area contributed by atoms with Crippen LogP contribution in [0.1, 0.15) is 62.8 Å². The summed E-state index contributed by atoms with van der Waals surface area (Å²) in [5, 5.41) is 4.58. The van der Waals surface area contributed by atoms with Crippen molar-refractivity contribution in [1.29, 1.82) is 0 Å². The maximum atomic E-state index is 15.4. The van der Waals surface area contributed by atoms with Gasteiger partial charge in [0, 0.05) is 46.3 Å². The van der Waals surface area contributed by atoms with E-state index < -0.39 is 21.7 Å². The Hall–Kier alpha value is -4.62. The van der Waals surface area contributed by atoms with E-state index in [1.807, 2.05) is 24.8 Å². The van der Waals surface area contributed by atoms with Crippen LogP contribution in [0.15, 0.2) is 73.3 Å². The summed E-state index contributed by atoms with van der Waals surface area (Å²) in [6.07, 6.45) is 10.9. The third-order valence-electron chi connectivity index (χ3n) is 23.0. The molecule has 6 aromatic rings. The highest BCUT2D eigenvalue weighted by Gasteiger charge is 2.89. The van der Waals surface area contributed by atoms with E-state index in [9.17, 15) is 0 Å². The Bertz CT molecular complexity index is 2850. The Morgan fingerprint density at radius 1 is 0.426 bits per heavy atom. The van der Waals surface area contributed by atoms with Crippen molar-refractivity contribution in [1.82, 2.24) is 19.9 Å². The highest BCUT2D eigenvalue weighted by molar-refractivity contribution is 6.20. The molecule has 2 unspecified atom stereocenters. The summed E-state index contributed by atoms with van der Waals surface area (Å²) in [6, 6.07) is 17.1. The lowest BCUT2D eigenvalue weighted by molar-refractivity contribution is -0.158. The fraction of sp³-hybridized carbons (Fsp3) is 0.519. The van der Waals surface area contributed by atoms with Crippen LogP contribution in [-0.4, -0.2) is 43.7 Å². The molecule has 0 radical (unpaired) electrons. The van der Waals surface area contributed by atoms with Gasteiger partial charge in [0.15, 0.2) is 11.6 Å². The summed E-state index contributed by atoms with van der Waals surface area (Å²) in [5.41, 5.74) is 6.90. The molecule has 4 aromatic heterocycles. The average molecular weight is 799 g/mol. The molecule has 2 aromatic carbocycles. The molecule has 7 heteroatoms. The Morgan fingerprint density at radius 3 is 0.951 bits per heavy atom. The maximum absolute atomic E-state index is 15.4. The van der Waals surface area contributed by atoms with Gasteiger partial charge in [0.2, 0.25) is 0 Å². The lowest BCUT2D eigenvalue weighted by atomic mass is 9.37. The van der Waals surface area contributed by atoms with Crippen molar-refractivity contribution in [3.05, 3.63) is 95.6 Å². The summed E-state index contributed by atoms with van der Waals surface area (Å²) in [5.74, 6) is 10.00. The molecule has 0 spiro atoms. The third kappa shape index (κ3) is 2.66. The number of carbonyl (C=O) groups is 2. The standard InChI is InChI=1S/C54H46N4O3/c1-51-35-19-9-5-13-55-43(19)44-20(10-6-14-56-44)36(35)52(2,49(51)59)40-28-24-17-23(27(28)39(40)51)31-32(24)48-34-26-18-25(33(34)47(31)61-48)29-30(26)42-41(29)53(3)37-21-11-7-15-57-45(21)46-22(12-8-16-58-46)38(37)54(42,4)50(53)60/h5-16,23-34,39-42,47-48H,17-18H2,1-4H3/t23-,24+,25+,26-,27+,28-,29-,30+,31-,32+,33+,34-,39-,40+,41-,42+,47?,48?,51+,52-,53-,54+. The summed E-state index contributed by atoms with van der Waals surface area (Å²) in [6.45, 7) is 9.40. The van der Waals surface area contributed by atoms with Crippen molar-refractivity contribution in [3.63, 3.8) is 0 Å². The third-order valence-corrected chi connectivity index (χ3v) is 23.0. The van der Waals surface area contributed by atoms with Gasteiger partial charge in [-0.2, -0.15) is 0 Å². The Labute approximate surface area is 352 Å².